The van der Waals surface area contributed by atoms with E-state index >= 15 is 0 Å². The van der Waals surface area contributed by atoms with Crippen LogP contribution in [0.4, 0.5) is 5.69 Å². The molecule has 0 atom stereocenters. The first-order valence-electron chi connectivity index (χ1n) is 10.7. The maximum Gasteiger partial charge on any atom is 0.265 e. The molecule has 0 saturated carbocycles. The number of thioether (sulfide) groups is 1. The molecule has 1 N–H and O–H groups in total. The molecule has 2 aliphatic rings. The van der Waals surface area contributed by atoms with Gasteiger partial charge in [0.05, 0.1) is 17.1 Å². The number of amides is 2. The standard InChI is InChI=1S/C27H20N2O3S2/c30-25-17-32-23-13-12-21(15-24-26(31)28-27(33)34-24)14-22(23)29(25)16-20-10-8-19(9-11-20)7-6-18-4-2-1-3-5-18/h1-15H,16-17H2,(H,28,31,33)/b7-6+,24-15+. The van der Waals surface area contributed by atoms with Crippen molar-refractivity contribution in [2.75, 3.05) is 11.5 Å². The summed E-state index contributed by atoms with van der Waals surface area (Å²) in [6.07, 6.45) is 5.91. The molecule has 0 spiro atoms. The maximum absolute atomic E-state index is 12.7. The highest BCUT2D eigenvalue weighted by atomic mass is 32.2. The molecular formula is C27H20N2O3S2. The molecule has 5 nitrogen and oxygen atoms in total. The SMILES string of the molecule is O=C1NC(=S)S/C1=C/c1ccc2c(c1)N(Cc1ccc(/C=C/c3ccccc3)cc1)C(=O)CO2. The Morgan fingerprint density at radius 1 is 0.941 bits per heavy atom. The summed E-state index contributed by atoms with van der Waals surface area (Å²) in [5, 5.41) is 2.61. The van der Waals surface area contributed by atoms with Crippen LogP contribution in [0.25, 0.3) is 18.2 Å². The van der Waals surface area contributed by atoms with Crippen molar-refractivity contribution in [3.63, 3.8) is 0 Å². The van der Waals surface area contributed by atoms with Gasteiger partial charge >= 0.3 is 0 Å². The highest BCUT2D eigenvalue weighted by Gasteiger charge is 2.27. The van der Waals surface area contributed by atoms with E-state index in [9.17, 15) is 9.59 Å². The van der Waals surface area contributed by atoms with Gasteiger partial charge in [0.2, 0.25) is 0 Å². The Morgan fingerprint density at radius 2 is 1.65 bits per heavy atom. The molecule has 3 aromatic carbocycles. The van der Waals surface area contributed by atoms with Crippen LogP contribution in [0, 0.1) is 0 Å². The van der Waals surface area contributed by atoms with E-state index in [1.54, 1.807) is 11.0 Å². The molecule has 168 valence electrons. The predicted molar refractivity (Wildman–Crippen MR) is 141 cm³/mol. The second kappa shape index (κ2) is 9.67. The van der Waals surface area contributed by atoms with Crippen molar-refractivity contribution in [3.05, 3.63) is 100.0 Å². The largest absolute Gasteiger partial charge is 0.482 e. The monoisotopic (exact) mass is 484 g/mol. The van der Waals surface area contributed by atoms with E-state index in [1.807, 2.05) is 60.7 Å². The van der Waals surface area contributed by atoms with Crippen LogP contribution in [0.1, 0.15) is 22.3 Å². The molecule has 3 aromatic rings. The molecule has 1 fully saturated rings. The van der Waals surface area contributed by atoms with Gasteiger partial charge in [0.1, 0.15) is 10.1 Å². The summed E-state index contributed by atoms with van der Waals surface area (Å²) >= 11 is 6.29. The van der Waals surface area contributed by atoms with Crippen molar-refractivity contribution in [2.45, 2.75) is 6.54 Å². The number of carbonyl (C=O) groups is 2. The van der Waals surface area contributed by atoms with Gasteiger partial charge in [-0.1, -0.05) is 96.8 Å². The Balaban J connectivity index is 1.36. The van der Waals surface area contributed by atoms with E-state index in [2.05, 4.69) is 29.6 Å². The first kappa shape index (κ1) is 22.1. The molecule has 34 heavy (non-hydrogen) atoms. The zero-order chi connectivity index (χ0) is 23.5. The number of hydrogen-bond donors (Lipinski definition) is 1. The molecule has 0 unspecified atom stereocenters. The van der Waals surface area contributed by atoms with Crippen LogP contribution in [-0.2, 0) is 16.1 Å². The predicted octanol–water partition coefficient (Wildman–Crippen LogP) is 5.27. The Kier molecular flexibility index (Phi) is 6.29. The van der Waals surface area contributed by atoms with Crippen LogP contribution in [0.3, 0.4) is 0 Å². The molecule has 5 rings (SSSR count). The molecule has 0 aliphatic carbocycles. The highest BCUT2D eigenvalue weighted by Crippen LogP contribution is 2.35. The second-order valence-corrected chi connectivity index (χ2v) is 9.55. The second-order valence-electron chi connectivity index (χ2n) is 7.83. The van der Waals surface area contributed by atoms with Gasteiger partial charge in [-0.3, -0.25) is 9.59 Å². The van der Waals surface area contributed by atoms with Gasteiger partial charge in [0.25, 0.3) is 11.8 Å². The van der Waals surface area contributed by atoms with E-state index in [0.29, 0.717) is 27.2 Å². The van der Waals surface area contributed by atoms with E-state index in [1.165, 1.54) is 11.8 Å². The van der Waals surface area contributed by atoms with Crippen LogP contribution < -0.4 is 15.0 Å². The van der Waals surface area contributed by atoms with Crippen LogP contribution in [-0.4, -0.2) is 22.7 Å². The Hall–Kier alpha value is -3.68. The number of rotatable bonds is 5. The lowest BCUT2D eigenvalue weighted by Crippen LogP contribution is -2.38. The fraction of sp³-hybridized carbons (Fsp3) is 0.0741. The topological polar surface area (TPSA) is 58.6 Å². The number of benzene rings is 3. The van der Waals surface area contributed by atoms with Gasteiger partial charge in [-0.15, -0.1) is 0 Å². The average Bonchev–Trinajstić information content (AvgIpc) is 3.17. The highest BCUT2D eigenvalue weighted by molar-refractivity contribution is 8.26. The van der Waals surface area contributed by atoms with Gasteiger partial charge < -0.3 is 15.0 Å². The number of thiocarbonyl (C=S) groups is 1. The first-order chi connectivity index (χ1) is 16.5. The lowest BCUT2D eigenvalue weighted by atomic mass is 10.1. The molecule has 1 saturated heterocycles. The fourth-order valence-corrected chi connectivity index (χ4v) is 4.77. The van der Waals surface area contributed by atoms with Gasteiger partial charge in [0.15, 0.2) is 6.61 Å². The summed E-state index contributed by atoms with van der Waals surface area (Å²) in [7, 11) is 0. The number of nitrogens with one attached hydrogen (secondary N) is 1. The fourth-order valence-electron chi connectivity index (χ4n) is 3.73. The van der Waals surface area contributed by atoms with Gasteiger partial charge in [-0.05, 0) is 40.5 Å². The Bertz CT molecular complexity index is 1330. The van der Waals surface area contributed by atoms with Crippen molar-refractivity contribution >= 4 is 64.0 Å². The zero-order valence-electron chi connectivity index (χ0n) is 18.1. The molecule has 2 amide bonds. The molecular weight excluding hydrogens is 464 g/mol. The number of anilines is 1. The summed E-state index contributed by atoms with van der Waals surface area (Å²) in [6, 6.07) is 23.8. The molecule has 2 aliphatic heterocycles. The minimum atomic E-state index is -0.210. The van der Waals surface area contributed by atoms with Gasteiger partial charge in [0, 0.05) is 0 Å². The van der Waals surface area contributed by atoms with E-state index < -0.39 is 0 Å². The Morgan fingerprint density at radius 3 is 2.35 bits per heavy atom. The quantitative estimate of drug-likeness (QED) is 0.304. The van der Waals surface area contributed by atoms with E-state index in [4.69, 9.17) is 17.0 Å². The van der Waals surface area contributed by atoms with Crippen LogP contribution in [0.2, 0.25) is 0 Å². The number of hydrogen-bond acceptors (Lipinski definition) is 5. The maximum atomic E-state index is 12.7. The third kappa shape index (κ3) is 4.95. The summed E-state index contributed by atoms with van der Waals surface area (Å²) in [4.78, 5) is 27.0. The number of carbonyl (C=O) groups excluding carboxylic acids is 2. The third-order valence-electron chi connectivity index (χ3n) is 5.45. The molecule has 0 aromatic heterocycles. The van der Waals surface area contributed by atoms with Crippen LogP contribution in [0.5, 0.6) is 5.75 Å². The number of ether oxygens (including phenoxy) is 1. The number of nitrogens with zero attached hydrogens (tertiary/aromatic N) is 1. The Labute approximate surface area is 207 Å². The molecule has 2 heterocycles. The van der Waals surface area contributed by atoms with Gasteiger partial charge in [-0.25, -0.2) is 0 Å². The van der Waals surface area contributed by atoms with Gasteiger partial charge in [-0.2, -0.15) is 0 Å². The number of fused-ring (bicyclic) bond motifs is 1. The first-order valence-corrected chi connectivity index (χ1v) is 11.9. The van der Waals surface area contributed by atoms with Crippen molar-refractivity contribution in [2.24, 2.45) is 0 Å². The zero-order valence-corrected chi connectivity index (χ0v) is 19.7. The van der Waals surface area contributed by atoms with Crippen molar-refractivity contribution in [1.29, 1.82) is 0 Å². The normalized spacial score (nSPS) is 16.6. The summed E-state index contributed by atoms with van der Waals surface area (Å²) in [5.74, 6) is 0.320. The lowest BCUT2D eigenvalue weighted by Gasteiger charge is -2.29. The molecule has 0 bridgehead atoms. The van der Waals surface area contributed by atoms with Crippen molar-refractivity contribution < 1.29 is 14.3 Å². The van der Waals surface area contributed by atoms with Crippen LogP contribution in [0.15, 0.2) is 77.7 Å². The van der Waals surface area contributed by atoms with Crippen LogP contribution >= 0.6 is 24.0 Å². The average molecular weight is 485 g/mol. The summed E-state index contributed by atoms with van der Waals surface area (Å²) < 4.78 is 6.07. The third-order valence-corrected chi connectivity index (χ3v) is 6.62. The summed E-state index contributed by atoms with van der Waals surface area (Å²) in [6.45, 7) is 0.426. The minimum absolute atomic E-state index is 0.00212. The minimum Gasteiger partial charge on any atom is -0.482 e. The summed E-state index contributed by atoms with van der Waals surface area (Å²) in [5.41, 5.74) is 4.72. The molecule has 7 heteroatoms. The van der Waals surface area contributed by atoms with Crippen molar-refractivity contribution in [1.82, 2.24) is 5.32 Å². The lowest BCUT2D eigenvalue weighted by molar-refractivity contribution is -0.121. The smallest absolute Gasteiger partial charge is 0.265 e. The van der Waals surface area contributed by atoms with Crippen molar-refractivity contribution in [3.8, 4) is 5.75 Å². The van der Waals surface area contributed by atoms with E-state index in [0.717, 1.165) is 22.3 Å². The van der Waals surface area contributed by atoms with E-state index in [-0.39, 0.29) is 18.4 Å². The molecule has 0 radical (unpaired) electrons.